The zero-order chi connectivity index (χ0) is 15.9. The van der Waals surface area contributed by atoms with Gasteiger partial charge in [0.15, 0.2) is 0 Å². The van der Waals surface area contributed by atoms with E-state index in [0.29, 0.717) is 6.54 Å². The first-order valence-corrected chi connectivity index (χ1v) is 9.73. The number of thiophene rings is 1. The molecule has 0 aromatic carbocycles. The van der Waals surface area contributed by atoms with Gasteiger partial charge in [-0.05, 0) is 17.9 Å². The SMILES string of the molecule is O=C(CN1CCN(Cc2cscn2)CC1)NCCc1cccs1. The van der Waals surface area contributed by atoms with Crippen molar-refractivity contribution in [3.63, 3.8) is 0 Å². The van der Waals surface area contributed by atoms with Gasteiger partial charge in [0.25, 0.3) is 0 Å². The van der Waals surface area contributed by atoms with Crippen LogP contribution in [0.1, 0.15) is 10.6 Å². The molecule has 1 fully saturated rings. The van der Waals surface area contributed by atoms with E-state index in [-0.39, 0.29) is 5.91 Å². The molecule has 5 nitrogen and oxygen atoms in total. The van der Waals surface area contributed by atoms with Crippen LogP contribution in [0.2, 0.25) is 0 Å². The fraction of sp³-hybridized carbons (Fsp3) is 0.500. The predicted octanol–water partition coefficient (Wildman–Crippen LogP) is 1.68. The second-order valence-electron chi connectivity index (χ2n) is 5.71. The van der Waals surface area contributed by atoms with Gasteiger partial charge in [0.05, 0.1) is 17.7 Å². The van der Waals surface area contributed by atoms with Gasteiger partial charge in [-0.1, -0.05) is 6.07 Å². The lowest BCUT2D eigenvalue weighted by molar-refractivity contribution is -0.122. The van der Waals surface area contributed by atoms with Gasteiger partial charge in [-0.15, -0.1) is 22.7 Å². The largest absolute Gasteiger partial charge is 0.355 e. The van der Waals surface area contributed by atoms with E-state index in [0.717, 1.165) is 51.4 Å². The first-order chi connectivity index (χ1) is 11.3. The number of amides is 1. The highest BCUT2D eigenvalue weighted by Crippen LogP contribution is 2.09. The van der Waals surface area contributed by atoms with Crippen LogP contribution in [0.3, 0.4) is 0 Å². The van der Waals surface area contributed by atoms with Crippen LogP contribution in [0, 0.1) is 0 Å². The van der Waals surface area contributed by atoms with E-state index in [2.05, 4.69) is 36.9 Å². The first kappa shape index (κ1) is 16.6. The van der Waals surface area contributed by atoms with Crippen molar-refractivity contribution < 1.29 is 4.79 Å². The van der Waals surface area contributed by atoms with Crippen LogP contribution in [-0.2, 0) is 17.8 Å². The Kier molecular flexibility index (Phi) is 6.15. The van der Waals surface area contributed by atoms with Crippen LogP contribution in [0.4, 0.5) is 0 Å². The predicted molar refractivity (Wildman–Crippen MR) is 94.9 cm³/mol. The second-order valence-corrected chi connectivity index (χ2v) is 7.46. The van der Waals surface area contributed by atoms with Crippen molar-refractivity contribution in [3.8, 4) is 0 Å². The van der Waals surface area contributed by atoms with Gasteiger partial charge in [-0.25, -0.2) is 4.98 Å². The normalized spacial score (nSPS) is 16.5. The molecule has 0 unspecified atom stereocenters. The summed E-state index contributed by atoms with van der Waals surface area (Å²) in [6, 6.07) is 4.16. The maximum atomic E-state index is 12.0. The molecule has 1 amide bonds. The molecule has 0 radical (unpaired) electrons. The van der Waals surface area contributed by atoms with Gasteiger partial charge in [0.1, 0.15) is 0 Å². The van der Waals surface area contributed by atoms with Gasteiger partial charge in [-0.2, -0.15) is 0 Å². The number of piperazine rings is 1. The topological polar surface area (TPSA) is 48.5 Å². The van der Waals surface area contributed by atoms with Gasteiger partial charge in [0, 0.05) is 49.5 Å². The minimum atomic E-state index is 0.134. The second kappa shape index (κ2) is 8.54. The molecule has 3 heterocycles. The number of carbonyl (C=O) groups is 1. The standard InChI is InChI=1S/C16H22N4OS2/c21-16(17-4-3-15-2-1-9-23-15)11-20-7-5-19(6-8-20)10-14-12-22-13-18-14/h1-2,9,12-13H,3-8,10-11H2,(H,17,21). The summed E-state index contributed by atoms with van der Waals surface area (Å²) in [5, 5.41) is 7.20. The molecular weight excluding hydrogens is 328 g/mol. The number of rotatable bonds is 7. The first-order valence-electron chi connectivity index (χ1n) is 7.90. The Labute approximate surface area is 144 Å². The van der Waals surface area contributed by atoms with E-state index in [1.807, 2.05) is 11.6 Å². The van der Waals surface area contributed by atoms with Crippen LogP contribution >= 0.6 is 22.7 Å². The van der Waals surface area contributed by atoms with Crippen molar-refractivity contribution >= 4 is 28.6 Å². The Bertz CT molecular complexity index is 577. The zero-order valence-corrected chi connectivity index (χ0v) is 14.7. The number of thiazole rings is 1. The molecule has 23 heavy (non-hydrogen) atoms. The summed E-state index contributed by atoms with van der Waals surface area (Å²) < 4.78 is 0. The molecule has 1 aliphatic heterocycles. The monoisotopic (exact) mass is 350 g/mol. The third-order valence-corrected chi connectivity index (χ3v) is 5.55. The van der Waals surface area contributed by atoms with Crippen LogP contribution in [-0.4, -0.2) is 60.0 Å². The molecule has 1 saturated heterocycles. The number of hydrogen-bond donors (Lipinski definition) is 1. The fourth-order valence-corrected chi connectivity index (χ4v) is 3.95. The Hall–Kier alpha value is -1.28. The van der Waals surface area contributed by atoms with Crippen molar-refractivity contribution in [3.05, 3.63) is 39.0 Å². The number of hydrogen-bond acceptors (Lipinski definition) is 6. The highest BCUT2D eigenvalue weighted by atomic mass is 32.1. The molecule has 0 aliphatic carbocycles. The minimum Gasteiger partial charge on any atom is -0.355 e. The quantitative estimate of drug-likeness (QED) is 0.825. The summed E-state index contributed by atoms with van der Waals surface area (Å²) in [5.74, 6) is 0.134. The van der Waals surface area contributed by atoms with E-state index < -0.39 is 0 Å². The summed E-state index contributed by atoms with van der Waals surface area (Å²) in [7, 11) is 0. The summed E-state index contributed by atoms with van der Waals surface area (Å²) in [4.78, 5) is 22.3. The molecule has 3 rings (SSSR count). The number of carbonyl (C=O) groups excluding carboxylic acids is 1. The van der Waals surface area contributed by atoms with Crippen molar-refractivity contribution in [1.29, 1.82) is 0 Å². The highest BCUT2D eigenvalue weighted by molar-refractivity contribution is 7.09. The Morgan fingerprint density at radius 3 is 2.78 bits per heavy atom. The zero-order valence-electron chi connectivity index (χ0n) is 13.1. The number of nitrogens with one attached hydrogen (secondary N) is 1. The molecule has 0 atom stereocenters. The van der Waals surface area contributed by atoms with E-state index in [4.69, 9.17) is 0 Å². The summed E-state index contributed by atoms with van der Waals surface area (Å²) >= 11 is 3.38. The van der Waals surface area contributed by atoms with Crippen LogP contribution < -0.4 is 5.32 Å². The molecule has 0 bridgehead atoms. The van der Waals surface area contributed by atoms with E-state index in [1.54, 1.807) is 22.7 Å². The van der Waals surface area contributed by atoms with Crippen LogP contribution in [0.15, 0.2) is 28.4 Å². The third-order valence-electron chi connectivity index (χ3n) is 3.97. The molecule has 124 valence electrons. The van der Waals surface area contributed by atoms with E-state index in [9.17, 15) is 4.79 Å². The molecular formula is C16H22N4OS2. The van der Waals surface area contributed by atoms with Crippen molar-refractivity contribution in [2.24, 2.45) is 0 Å². The highest BCUT2D eigenvalue weighted by Gasteiger charge is 2.19. The molecule has 0 saturated carbocycles. The lowest BCUT2D eigenvalue weighted by Crippen LogP contribution is -2.49. The maximum Gasteiger partial charge on any atom is 0.234 e. The van der Waals surface area contributed by atoms with Crippen molar-refractivity contribution in [2.45, 2.75) is 13.0 Å². The molecule has 0 spiro atoms. The third kappa shape index (κ3) is 5.39. The lowest BCUT2D eigenvalue weighted by atomic mass is 10.3. The number of aromatic nitrogens is 1. The molecule has 1 aliphatic rings. The van der Waals surface area contributed by atoms with Crippen molar-refractivity contribution in [2.75, 3.05) is 39.3 Å². The molecule has 1 N–H and O–H groups in total. The average Bonchev–Trinajstić information content (AvgIpc) is 3.23. The van der Waals surface area contributed by atoms with Crippen LogP contribution in [0.5, 0.6) is 0 Å². The fourth-order valence-electron chi connectivity index (χ4n) is 2.69. The molecule has 2 aromatic heterocycles. The molecule has 2 aromatic rings. The summed E-state index contributed by atoms with van der Waals surface area (Å²) in [5.41, 5.74) is 3.03. The van der Waals surface area contributed by atoms with Gasteiger partial charge in [0.2, 0.25) is 5.91 Å². The average molecular weight is 351 g/mol. The van der Waals surface area contributed by atoms with Crippen molar-refractivity contribution in [1.82, 2.24) is 20.1 Å². The van der Waals surface area contributed by atoms with Gasteiger partial charge in [-0.3, -0.25) is 14.6 Å². The number of nitrogens with zero attached hydrogens (tertiary/aromatic N) is 3. The maximum absolute atomic E-state index is 12.0. The van der Waals surface area contributed by atoms with Gasteiger partial charge >= 0.3 is 0 Å². The smallest absolute Gasteiger partial charge is 0.234 e. The minimum absolute atomic E-state index is 0.134. The summed E-state index contributed by atoms with van der Waals surface area (Å²) in [6.07, 6.45) is 0.921. The Morgan fingerprint density at radius 2 is 2.09 bits per heavy atom. The van der Waals surface area contributed by atoms with Crippen LogP contribution in [0.25, 0.3) is 0 Å². The van der Waals surface area contributed by atoms with Gasteiger partial charge < -0.3 is 5.32 Å². The summed E-state index contributed by atoms with van der Waals surface area (Å²) in [6.45, 7) is 6.05. The van der Waals surface area contributed by atoms with E-state index in [1.165, 1.54) is 4.88 Å². The lowest BCUT2D eigenvalue weighted by Gasteiger charge is -2.33. The van der Waals surface area contributed by atoms with E-state index >= 15 is 0 Å². The Balaban J connectivity index is 1.31. The molecule has 7 heteroatoms. The Morgan fingerprint density at radius 1 is 1.26 bits per heavy atom.